The maximum Gasteiger partial charge on any atom is 0.254 e. The first-order valence-corrected chi connectivity index (χ1v) is 6.85. The van der Waals surface area contributed by atoms with Crippen molar-refractivity contribution in [2.45, 2.75) is 26.4 Å². The van der Waals surface area contributed by atoms with Crippen LogP contribution in [0.25, 0.3) is 11.0 Å². The first kappa shape index (κ1) is 13.1. The lowest BCUT2D eigenvalue weighted by Crippen LogP contribution is -2.35. The Morgan fingerprint density at radius 1 is 1.55 bits per heavy atom. The number of rotatable bonds is 1. The number of aromatic amines is 1. The van der Waals surface area contributed by atoms with Crippen LogP contribution in [0.2, 0.25) is 0 Å². The van der Waals surface area contributed by atoms with Gasteiger partial charge in [-0.05, 0) is 32.0 Å². The molecule has 0 saturated carbocycles. The van der Waals surface area contributed by atoms with E-state index in [1.165, 1.54) is 0 Å². The van der Waals surface area contributed by atoms with E-state index in [0.29, 0.717) is 18.7 Å². The van der Waals surface area contributed by atoms with Crippen LogP contribution in [0.15, 0.2) is 18.2 Å². The van der Waals surface area contributed by atoms with Gasteiger partial charge in [-0.2, -0.15) is 0 Å². The standard InChI is InChI=1S/C15H19N3O2/c1-9-7-18(8-15(9,3)20)14(19)11-4-5-12-13(6-11)17-10(2)16-12/h4-6,9,20H,7-8H2,1-3H3,(H,16,17)/t9-,15+/m0/s1. The predicted molar refractivity (Wildman–Crippen MR) is 76.5 cm³/mol. The van der Waals surface area contributed by atoms with E-state index in [1.54, 1.807) is 17.9 Å². The van der Waals surface area contributed by atoms with Gasteiger partial charge in [0.1, 0.15) is 5.82 Å². The Kier molecular flexibility index (Phi) is 2.83. The van der Waals surface area contributed by atoms with E-state index < -0.39 is 5.60 Å². The number of fused-ring (bicyclic) bond motifs is 1. The number of likely N-dealkylation sites (tertiary alicyclic amines) is 1. The van der Waals surface area contributed by atoms with Gasteiger partial charge in [0.2, 0.25) is 0 Å². The molecule has 2 aromatic rings. The van der Waals surface area contributed by atoms with Crippen LogP contribution < -0.4 is 0 Å². The molecule has 5 nitrogen and oxygen atoms in total. The van der Waals surface area contributed by atoms with Crippen LogP contribution in [-0.2, 0) is 0 Å². The van der Waals surface area contributed by atoms with Gasteiger partial charge in [-0.3, -0.25) is 4.79 Å². The fourth-order valence-electron chi connectivity index (χ4n) is 2.74. The summed E-state index contributed by atoms with van der Waals surface area (Å²) < 4.78 is 0. The van der Waals surface area contributed by atoms with Crippen molar-refractivity contribution in [3.05, 3.63) is 29.6 Å². The highest BCUT2D eigenvalue weighted by Crippen LogP contribution is 2.28. The Labute approximate surface area is 117 Å². The molecule has 5 heteroatoms. The van der Waals surface area contributed by atoms with Gasteiger partial charge in [0.25, 0.3) is 5.91 Å². The van der Waals surface area contributed by atoms with Crippen molar-refractivity contribution in [3.8, 4) is 0 Å². The number of aliphatic hydroxyl groups is 1. The van der Waals surface area contributed by atoms with Crippen LogP contribution in [0.5, 0.6) is 0 Å². The maximum atomic E-state index is 12.5. The quantitative estimate of drug-likeness (QED) is 0.831. The van der Waals surface area contributed by atoms with Crippen molar-refractivity contribution >= 4 is 16.9 Å². The summed E-state index contributed by atoms with van der Waals surface area (Å²) in [6.45, 7) is 6.61. The molecule has 0 bridgehead atoms. The number of H-pyrrole nitrogens is 1. The molecule has 20 heavy (non-hydrogen) atoms. The number of imidazole rings is 1. The van der Waals surface area contributed by atoms with Gasteiger partial charge in [-0.25, -0.2) is 4.98 Å². The van der Waals surface area contributed by atoms with Gasteiger partial charge < -0.3 is 15.0 Å². The van der Waals surface area contributed by atoms with Crippen LogP contribution in [0.4, 0.5) is 0 Å². The average Bonchev–Trinajstić information content (AvgIpc) is 2.87. The minimum Gasteiger partial charge on any atom is -0.388 e. The molecule has 2 atom stereocenters. The third-order valence-corrected chi connectivity index (χ3v) is 4.20. The number of benzene rings is 1. The topological polar surface area (TPSA) is 69.2 Å². The summed E-state index contributed by atoms with van der Waals surface area (Å²) in [7, 11) is 0. The van der Waals surface area contributed by atoms with Crippen molar-refractivity contribution in [1.29, 1.82) is 0 Å². The second kappa shape index (κ2) is 4.31. The van der Waals surface area contributed by atoms with Crippen molar-refractivity contribution < 1.29 is 9.90 Å². The van der Waals surface area contributed by atoms with E-state index in [4.69, 9.17) is 0 Å². The molecule has 1 amide bonds. The number of hydrogen-bond donors (Lipinski definition) is 2. The zero-order valence-corrected chi connectivity index (χ0v) is 12.0. The highest BCUT2D eigenvalue weighted by atomic mass is 16.3. The van der Waals surface area contributed by atoms with E-state index in [2.05, 4.69) is 9.97 Å². The Hall–Kier alpha value is -1.88. The number of β-amino-alcohol motifs (C(OH)–C–C–N with tert-alkyl or cyclic N) is 1. The molecule has 1 aliphatic rings. The largest absolute Gasteiger partial charge is 0.388 e. The molecule has 0 unspecified atom stereocenters. The van der Waals surface area contributed by atoms with Gasteiger partial charge in [-0.1, -0.05) is 6.92 Å². The SMILES string of the molecule is Cc1nc2ccc(C(=O)N3C[C@H](C)[C@](C)(O)C3)cc2[nH]1. The number of nitrogens with one attached hydrogen (secondary N) is 1. The Morgan fingerprint density at radius 3 is 2.95 bits per heavy atom. The normalized spacial score (nSPS) is 26.4. The molecule has 0 aliphatic carbocycles. The molecular weight excluding hydrogens is 254 g/mol. The number of carbonyl (C=O) groups excluding carboxylic acids is 1. The summed E-state index contributed by atoms with van der Waals surface area (Å²) in [4.78, 5) is 21.7. The summed E-state index contributed by atoms with van der Waals surface area (Å²) in [6.07, 6.45) is 0. The fourth-order valence-corrected chi connectivity index (χ4v) is 2.74. The molecule has 1 aromatic carbocycles. The number of aryl methyl sites for hydroxylation is 1. The summed E-state index contributed by atoms with van der Waals surface area (Å²) >= 11 is 0. The van der Waals surface area contributed by atoms with Crippen LogP contribution >= 0.6 is 0 Å². The first-order valence-electron chi connectivity index (χ1n) is 6.85. The molecule has 2 N–H and O–H groups in total. The maximum absolute atomic E-state index is 12.5. The molecule has 0 spiro atoms. The number of nitrogens with zero attached hydrogens (tertiary/aromatic N) is 2. The van der Waals surface area contributed by atoms with Crippen LogP contribution in [0.1, 0.15) is 30.0 Å². The van der Waals surface area contributed by atoms with Crippen molar-refractivity contribution in [2.24, 2.45) is 5.92 Å². The van der Waals surface area contributed by atoms with E-state index in [-0.39, 0.29) is 11.8 Å². The fraction of sp³-hybridized carbons (Fsp3) is 0.467. The van der Waals surface area contributed by atoms with E-state index in [0.717, 1.165) is 16.9 Å². The van der Waals surface area contributed by atoms with Crippen molar-refractivity contribution in [3.63, 3.8) is 0 Å². The van der Waals surface area contributed by atoms with E-state index in [1.807, 2.05) is 26.0 Å². The second-order valence-corrected chi connectivity index (χ2v) is 6.00. The molecule has 3 rings (SSSR count). The second-order valence-electron chi connectivity index (χ2n) is 6.00. The van der Waals surface area contributed by atoms with Crippen molar-refractivity contribution in [1.82, 2.24) is 14.9 Å². The molecule has 0 radical (unpaired) electrons. The molecule has 1 saturated heterocycles. The highest BCUT2D eigenvalue weighted by Gasteiger charge is 2.40. The number of carbonyl (C=O) groups is 1. The van der Waals surface area contributed by atoms with Crippen LogP contribution in [-0.4, -0.2) is 44.6 Å². The van der Waals surface area contributed by atoms with Crippen LogP contribution in [0, 0.1) is 12.8 Å². The molecule has 1 aliphatic heterocycles. The minimum absolute atomic E-state index is 0.0382. The minimum atomic E-state index is -0.801. The number of aromatic nitrogens is 2. The lowest BCUT2D eigenvalue weighted by molar-refractivity contribution is 0.0351. The highest BCUT2D eigenvalue weighted by molar-refractivity contribution is 5.97. The monoisotopic (exact) mass is 273 g/mol. The predicted octanol–water partition coefficient (Wildman–Crippen LogP) is 1.71. The van der Waals surface area contributed by atoms with E-state index in [9.17, 15) is 9.90 Å². The van der Waals surface area contributed by atoms with Gasteiger partial charge in [0.15, 0.2) is 0 Å². The summed E-state index contributed by atoms with van der Waals surface area (Å²) in [5.41, 5.74) is 1.56. The number of hydrogen-bond acceptors (Lipinski definition) is 3. The Balaban J connectivity index is 1.89. The molecule has 106 valence electrons. The number of amides is 1. The van der Waals surface area contributed by atoms with Crippen molar-refractivity contribution in [2.75, 3.05) is 13.1 Å². The van der Waals surface area contributed by atoms with E-state index >= 15 is 0 Å². The summed E-state index contributed by atoms with van der Waals surface area (Å²) in [6, 6.07) is 5.47. The first-order chi connectivity index (χ1) is 9.37. The third-order valence-electron chi connectivity index (χ3n) is 4.20. The lowest BCUT2D eigenvalue weighted by Gasteiger charge is -2.20. The average molecular weight is 273 g/mol. The zero-order chi connectivity index (χ0) is 14.5. The third kappa shape index (κ3) is 2.08. The van der Waals surface area contributed by atoms with Crippen LogP contribution in [0.3, 0.4) is 0 Å². The summed E-state index contributed by atoms with van der Waals surface area (Å²) in [5, 5.41) is 10.2. The Bertz CT molecular complexity index is 675. The van der Waals surface area contributed by atoms with Gasteiger partial charge in [0, 0.05) is 24.6 Å². The molecular formula is C15H19N3O2. The lowest BCUT2D eigenvalue weighted by atomic mass is 9.95. The zero-order valence-electron chi connectivity index (χ0n) is 12.0. The smallest absolute Gasteiger partial charge is 0.254 e. The summed E-state index contributed by atoms with van der Waals surface area (Å²) in [5.74, 6) is 0.885. The Morgan fingerprint density at radius 2 is 2.30 bits per heavy atom. The molecule has 2 heterocycles. The molecule has 1 fully saturated rings. The van der Waals surface area contributed by atoms with Gasteiger partial charge in [0.05, 0.1) is 16.6 Å². The van der Waals surface area contributed by atoms with Gasteiger partial charge >= 0.3 is 0 Å². The van der Waals surface area contributed by atoms with Gasteiger partial charge in [-0.15, -0.1) is 0 Å². The molecule has 1 aromatic heterocycles.